The topological polar surface area (TPSA) is 97.0 Å². The molecule has 0 bridgehead atoms. The van der Waals surface area contributed by atoms with E-state index >= 15 is 0 Å². The lowest BCUT2D eigenvalue weighted by Gasteiger charge is -2.18. The third kappa shape index (κ3) is 6.63. The number of hydrogen-bond donors (Lipinski definition) is 2. The zero-order chi connectivity index (χ0) is 25.5. The Bertz CT molecular complexity index is 1080. The molecule has 2 atom stereocenters. The van der Waals surface area contributed by atoms with E-state index < -0.39 is 5.92 Å². The molecule has 2 saturated heterocycles. The maximum atomic E-state index is 12.9. The Morgan fingerprint density at radius 3 is 2.75 bits per heavy atom. The molecule has 192 valence electrons. The highest BCUT2D eigenvalue weighted by molar-refractivity contribution is 6.00. The number of hydrogen-bond acceptors (Lipinski definition) is 5. The van der Waals surface area contributed by atoms with Crippen LogP contribution in [0.4, 0.5) is 5.69 Å². The Morgan fingerprint density at radius 2 is 1.97 bits per heavy atom. The minimum Gasteiger partial charge on any atom is -0.483 e. The first kappa shape index (κ1) is 25.7. The van der Waals surface area contributed by atoms with Gasteiger partial charge in [0.2, 0.25) is 11.8 Å². The lowest BCUT2D eigenvalue weighted by Crippen LogP contribution is -2.35. The van der Waals surface area contributed by atoms with Gasteiger partial charge in [0.25, 0.3) is 5.91 Å². The van der Waals surface area contributed by atoms with Crippen LogP contribution in [0.2, 0.25) is 0 Å². The summed E-state index contributed by atoms with van der Waals surface area (Å²) in [7, 11) is 0. The zero-order valence-corrected chi connectivity index (χ0v) is 21.0. The Balaban J connectivity index is 1.28. The van der Waals surface area contributed by atoms with E-state index in [1.54, 1.807) is 11.0 Å². The van der Waals surface area contributed by atoms with Crippen LogP contribution in [0.1, 0.15) is 50.2 Å². The van der Waals surface area contributed by atoms with Gasteiger partial charge in [-0.25, -0.2) is 0 Å². The Labute approximate surface area is 212 Å². The van der Waals surface area contributed by atoms with E-state index in [1.807, 2.05) is 42.5 Å². The first-order chi connectivity index (χ1) is 17.4. The molecule has 0 aromatic heterocycles. The number of nitrogens with zero attached hydrogens (tertiary/aromatic N) is 1. The molecule has 2 aliphatic heterocycles. The molecular formula is C28H35N3O5. The number of nitrogens with one attached hydrogen (secondary N) is 2. The Kier molecular flexibility index (Phi) is 8.59. The molecule has 3 amide bonds. The summed E-state index contributed by atoms with van der Waals surface area (Å²) in [5, 5.41) is 5.78. The molecule has 36 heavy (non-hydrogen) atoms. The van der Waals surface area contributed by atoms with E-state index in [1.165, 1.54) is 0 Å². The number of carbonyl (C=O) groups is 3. The summed E-state index contributed by atoms with van der Waals surface area (Å²) in [6.07, 6.45) is 2.24. The van der Waals surface area contributed by atoms with Crippen molar-refractivity contribution in [2.75, 3.05) is 31.2 Å². The van der Waals surface area contributed by atoms with E-state index in [-0.39, 0.29) is 43.4 Å². The number of rotatable bonds is 10. The van der Waals surface area contributed by atoms with Crippen LogP contribution in [0.25, 0.3) is 0 Å². The van der Waals surface area contributed by atoms with E-state index in [0.717, 1.165) is 36.3 Å². The van der Waals surface area contributed by atoms with Crippen LogP contribution in [0.5, 0.6) is 5.75 Å². The molecular weight excluding hydrogens is 458 g/mol. The maximum absolute atomic E-state index is 12.9. The van der Waals surface area contributed by atoms with Gasteiger partial charge < -0.3 is 25.0 Å². The van der Waals surface area contributed by atoms with Gasteiger partial charge in [0.05, 0.1) is 12.0 Å². The monoisotopic (exact) mass is 493 g/mol. The second-order valence-corrected chi connectivity index (χ2v) is 9.71. The van der Waals surface area contributed by atoms with Gasteiger partial charge in [-0.2, -0.15) is 0 Å². The van der Waals surface area contributed by atoms with Crippen LogP contribution in [0, 0.1) is 5.92 Å². The molecule has 2 aromatic carbocycles. The van der Waals surface area contributed by atoms with Gasteiger partial charge in [0, 0.05) is 43.9 Å². The molecule has 0 aliphatic carbocycles. The number of anilines is 1. The van der Waals surface area contributed by atoms with E-state index in [4.69, 9.17) is 9.47 Å². The average Bonchev–Trinajstić information content (AvgIpc) is 3.55. The van der Waals surface area contributed by atoms with Crippen molar-refractivity contribution in [3.63, 3.8) is 0 Å². The fourth-order valence-electron chi connectivity index (χ4n) is 4.53. The highest BCUT2D eigenvalue weighted by Crippen LogP contribution is 2.28. The average molecular weight is 494 g/mol. The summed E-state index contributed by atoms with van der Waals surface area (Å²) in [5.41, 5.74) is 2.76. The first-order valence-corrected chi connectivity index (χ1v) is 12.7. The van der Waals surface area contributed by atoms with Crippen LogP contribution < -0.4 is 20.3 Å². The van der Waals surface area contributed by atoms with Gasteiger partial charge in [0.15, 0.2) is 6.61 Å². The summed E-state index contributed by atoms with van der Waals surface area (Å²) in [6, 6.07) is 15.2. The van der Waals surface area contributed by atoms with Gasteiger partial charge in [-0.1, -0.05) is 44.2 Å². The third-order valence-electron chi connectivity index (χ3n) is 6.68. The zero-order valence-electron chi connectivity index (χ0n) is 21.0. The number of ether oxygens (including phenoxy) is 2. The fraction of sp³-hybridized carbons (Fsp3) is 0.464. The number of benzene rings is 2. The van der Waals surface area contributed by atoms with Crippen LogP contribution in [0.15, 0.2) is 48.5 Å². The quantitative estimate of drug-likeness (QED) is 0.530. The van der Waals surface area contributed by atoms with Crippen molar-refractivity contribution in [1.29, 1.82) is 0 Å². The summed E-state index contributed by atoms with van der Waals surface area (Å²) in [4.78, 5) is 39.4. The molecule has 2 unspecified atom stereocenters. The normalized spacial score (nSPS) is 19.5. The lowest BCUT2D eigenvalue weighted by atomic mass is 10.0. The molecule has 4 rings (SSSR count). The maximum Gasteiger partial charge on any atom is 0.258 e. The van der Waals surface area contributed by atoms with Crippen molar-refractivity contribution in [3.8, 4) is 5.75 Å². The SMILES string of the molecule is CC(C)c1cccc(N2CC(C(=O)NCc3ccccc3OCC(=O)NCC3CCCO3)CC2=O)c1. The number of carbonyl (C=O) groups excluding carboxylic acids is 3. The molecule has 2 fully saturated rings. The molecule has 2 aliphatic rings. The van der Waals surface area contributed by atoms with Gasteiger partial charge in [-0.05, 0) is 42.5 Å². The van der Waals surface area contributed by atoms with Crippen LogP contribution in [-0.4, -0.2) is 50.1 Å². The van der Waals surface area contributed by atoms with Crippen molar-refractivity contribution in [3.05, 3.63) is 59.7 Å². The van der Waals surface area contributed by atoms with Gasteiger partial charge in [-0.15, -0.1) is 0 Å². The second-order valence-electron chi connectivity index (χ2n) is 9.71. The van der Waals surface area contributed by atoms with E-state index in [9.17, 15) is 14.4 Å². The van der Waals surface area contributed by atoms with Crippen molar-refractivity contribution in [2.45, 2.75) is 51.7 Å². The van der Waals surface area contributed by atoms with Crippen molar-refractivity contribution in [2.24, 2.45) is 5.92 Å². The molecule has 0 saturated carbocycles. The molecule has 8 heteroatoms. The minimum atomic E-state index is -0.420. The molecule has 0 radical (unpaired) electrons. The smallest absolute Gasteiger partial charge is 0.258 e. The lowest BCUT2D eigenvalue weighted by molar-refractivity contribution is -0.126. The predicted molar refractivity (Wildman–Crippen MR) is 137 cm³/mol. The number of para-hydroxylation sites is 1. The molecule has 2 N–H and O–H groups in total. The largest absolute Gasteiger partial charge is 0.483 e. The summed E-state index contributed by atoms with van der Waals surface area (Å²) in [5.74, 6) is 0.0483. The standard InChI is InChI=1S/C28H35N3O5/c1-19(2)20-8-5-9-23(13-20)31-17-22(14-27(31)33)28(34)30-15-21-7-3-4-11-25(21)36-18-26(32)29-16-24-10-6-12-35-24/h3-5,7-9,11,13,19,22,24H,6,10,12,14-18H2,1-2H3,(H,29,32)(H,30,34). The molecule has 2 aromatic rings. The van der Waals surface area contributed by atoms with Gasteiger partial charge >= 0.3 is 0 Å². The summed E-state index contributed by atoms with van der Waals surface area (Å²) >= 11 is 0. The second kappa shape index (κ2) is 12.0. The third-order valence-corrected chi connectivity index (χ3v) is 6.68. The molecule has 0 spiro atoms. The van der Waals surface area contributed by atoms with Crippen LogP contribution in [-0.2, 0) is 25.7 Å². The first-order valence-electron chi connectivity index (χ1n) is 12.7. The summed E-state index contributed by atoms with van der Waals surface area (Å²) < 4.78 is 11.2. The summed E-state index contributed by atoms with van der Waals surface area (Å²) in [6.45, 7) is 5.95. The molecule has 8 nitrogen and oxygen atoms in total. The Morgan fingerprint density at radius 1 is 1.14 bits per heavy atom. The minimum absolute atomic E-state index is 0.0474. The van der Waals surface area contributed by atoms with Gasteiger partial charge in [-0.3, -0.25) is 14.4 Å². The van der Waals surface area contributed by atoms with E-state index in [2.05, 4.69) is 24.5 Å². The van der Waals surface area contributed by atoms with Gasteiger partial charge in [0.1, 0.15) is 5.75 Å². The highest BCUT2D eigenvalue weighted by atomic mass is 16.5. The Hall–Kier alpha value is -3.39. The van der Waals surface area contributed by atoms with Crippen LogP contribution in [0.3, 0.4) is 0 Å². The predicted octanol–water partition coefficient (Wildman–Crippen LogP) is 3.15. The van der Waals surface area contributed by atoms with Crippen molar-refractivity contribution < 1.29 is 23.9 Å². The van der Waals surface area contributed by atoms with Crippen molar-refractivity contribution in [1.82, 2.24) is 10.6 Å². The van der Waals surface area contributed by atoms with E-state index in [0.29, 0.717) is 24.8 Å². The highest BCUT2D eigenvalue weighted by Gasteiger charge is 2.35. The molecule has 2 heterocycles. The number of amides is 3. The van der Waals surface area contributed by atoms with Crippen LogP contribution >= 0.6 is 0 Å². The van der Waals surface area contributed by atoms with Crippen molar-refractivity contribution >= 4 is 23.4 Å². The fourth-order valence-corrected chi connectivity index (χ4v) is 4.53.